The van der Waals surface area contributed by atoms with Crippen LogP contribution in [0, 0.1) is 0 Å². The largest absolute Gasteiger partial charge is 0.376 e. The zero-order valence-electron chi connectivity index (χ0n) is 14.8. The third-order valence-electron chi connectivity index (χ3n) is 4.76. The van der Waals surface area contributed by atoms with Gasteiger partial charge in [-0.05, 0) is 11.1 Å². The molecule has 0 bridgehead atoms. The normalized spacial score (nSPS) is 30.0. The fourth-order valence-electron chi connectivity index (χ4n) is 3.34. The molecule has 5 heteroatoms. The Morgan fingerprint density at radius 3 is 2.12 bits per heavy atom. The van der Waals surface area contributed by atoms with Crippen molar-refractivity contribution >= 4 is 0 Å². The van der Waals surface area contributed by atoms with Crippen LogP contribution in [0.25, 0.3) is 0 Å². The van der Waals surface area contributed by atoms with E-state index in [2.05, 4.69) is 0 Å². The van der Waals surface area contributed by atoms with Crippen LogP contribution in [0.2, 0.25) is 0 Å². The second kappa shape index (κ2) is 8.29. The summed E-state index contributed by atoms with van der Waals surface area (Å²) in [7, 11) is 1.68. The molecule has 0 radical (unpaired) electrons. The van der Waals surface area contributed by atoms with Gasteiger partial charge in [0.25, 0.3) is 0 Å². The highest BCUT2D eigenvalue weighted by atomic mass is 16.8. The SMILES string of the molecule is CO[C@H]1[C@H](OCc2ccccc2)[C@@H]2O[C@@H]2O[C@@H]1COCc1ccccc1. The van der Waals surface area contributed by atoms with Gasteiger partial charge in [0, 0.05) is 7.11 Å². The van der Waals surface area contributed by atoms with Gasteiger partial charge in [-0.1, -0.05) is 60.7 Å². The number of epoxide rings is 1. The van der Waals surface area contributed by atoms with Gasteiger partial charge in [-0.2, -0.15) is 0 Å². The molecule has 0 aliphatic carbocycles. The first-order chi connectivity index (χ1) is 12.8. The quantitative estimate of drug-likeness (QED) is 0.681. The van der Waals surface area contributed by atoms with Gasteiger partial charge in [0.05, 0.1) is 19.8 Å². The molecule has 2 heterocycles. The Labute approximate surface area is 153 Å². The zero-order valence-corrected chi connectivity index (χ0v) is 14.8. The lowest BCUT2D eigenvalue weighted by molar-refractivity contribution is -0.179. The highest BCUT2D eigenvalue weighted by Gasteiger charge is 2.57. The molecular weight excluding hydrogens is 332 g/mol. The van der Waals surface area contributed by atoms with E-state index < -0.39 is 0 Å². The van der Waals surface area contributed by atoms with E-state index in [1.165, 1.54) is 0 Å². The minimum Gasteiger partial charge on any atom is -0.376 e. The summed E-state index contributed by atoms with van der Waals surface area (Å²) in [6, 6.07) is 20.2. The van der Waals surface area contributed by atoms with Crippen LogP contribution in [0.3, 0.4) is 0 Å². The molecular formula is C21H24O5. The second-order valence-corrected chi connectivity index (χ2v) is 6.61. The van der Waals surface area contributed by atoms with E-state index in [1.807, 2.05) is 60.7 Å². The lowest BCUT2D eigenvalue weighted by atomic mass is 10.0. The van der Waals surface area contributed by atoms with Crippen LogP contribution in [0.1, 0.15) is 11.1 Å². The minimum absolute atomic E-state index is 0.0611. The van der Waals surface area contributed by atoms with E-state index in [9.17, 15) is 0 Å². The number of methoxy groups -OCH3 is 1. The molecule has 5 nitrogen and oxygen atoms in total. The Balaban J connectivity index is 1.33. The Morgan fingerprint density at radius 1 is 0.808 bits per heavy atom. The molecule has 0 spiro atoms. The molecule has 2 saturated heterocycles. The Kier molecular flexibility index (Phi) is 5.62. The average molecular weight is 356 g/mol. The van der Waals surface area contributed by atoms with Crippen molar-refractivity contribution in [3.05, 3.63) is 71.8 Å². The maximum atomic E-state index is 6.14. The van der Waals surface area contributed by atoms with Gasteiger partial charge >= 0.3 is 0 Å². The van der Waals surface area contributed by atoms with Gasteiger partial charge < -0.3 is 23.7 Å². The van der Waals surface area contributed by atoms with E-state index in [4.69, 9.17) is 23.7 Å². The van der Waals surface area contributed by atoms with Crippen molar-refractivity contribution in [1.82, 2.24) is 0 Å². The Morgan fingerprint density at radius 2 is 1.46 bits per heavy atom. The molecule has 0 N–H and O–H groups in total. The van der Waals surface area contributed by atoms with Crippen molar-refractivity contribution in [2.24, 2.45) is 0 Å². The van der Waals surface area contributed by atoms with Crippen molar-refractivity contribution in [3.63, 3.8) is 0 Å². The maximum absolute atomic E-state index is 6.14. The van der Waals surface area contributed by atoms with Crippen LogP contribution in [0.4, 0.5) is 0 Å². The number of ether oxygens (including phenoxy) is 5. The van der Waals surface area contributed by atoms with Gasteiger partial charge in [-0.3, -0.25) is 0 Å². The third kappa shape index (κ3) is 4.14. The van der Waals surface area contributed by atoms with E-state index in [0.29, 0.717) is 19.8 Å². The van der Waals surface area contributed by atoms with Crippen LogP contribution in [-0.2, 0) is 36.9 Å². The highest BCUT2D eigenvalue weighted by molar-refractivity contribution is 5.14. The van der Waals surface area contributed by atoms with E-state index >= 15 is 0 Å². The zero-order chi connectivity index (χ0) is 17.8. The monoisotopic (exact) mass is 356 g/mol. The number of rotatable bonds is 8. The number of hydrogen-bond donors (Lipinski definition) is 0. The summed E-state index contributed by atoms with van der Waals surface area (Å²) in [5.74, 6) is 0. The predicted molar refractivity (Wildman–Crippen MR) is 95.4 cm³/mol. The first-order valence-corrected chi connectivity index (χ1v) is 8.96. The van der Waals surface area contributed by atoms with Crippen LogP contribution < -0.4 is 0 Å². The number of benzene rings is 2. The lowest BCUT2D eigenvalue weighted by Gasteiger charge is -2.34. The smallest absolute Gasteiger partial charge is 0.187 e. The van der Waals surface area contributed by atoms with Gasteiger partial charge in [0.15, 0.2) is 6.29 Å². The van der Waals surface area contributed by atoms with Crippen LogP contribution >= 0.6 is 0 Å². The van der Waals surface area contributed by atoms with Crippen LogP contribution in [0.5, 0.6) is 0 Å². The summed E-state index contributed by atoms with van der Waals surface area (Å²) in [6.45, 7) is 1.50. The van der Waals surface area contributed by atoms with E-state index in [-0.39, 0.29) is 30.7 Å². The van der Waals surface area contributed by atoms with Gasteiger partial charge in [-0.25, -0.2) is 0 Å². The Bertz CT molecular complexity index is 677. The summed E-state index contributed by atoms with van der Waals surface area (Å²) >= 11 is 0. The summed E-state index contributed by atoms with van der Waals surface area (Å²) in [4.78, 5) is 0. The average Bonchev–Trinajstić information content (AvgIpc) is 3.47. The van der Waals surface area contributed by atoms with Crippen molar-refractivity contribution in [2.75, 3.05) is 13.7 Å². The molecule has 2 aliphatic rings. The number of fused-ring (bicyclic) bond motifs is 1. The molecule has 0 aromatic heterocycles. The lowest BCUT2D eigenvalue weighted by Crippen LogP contribution is -2.51. The second-order valence-electron chi connectivity index (χ2n) is 6.61. The number of hydrogen-bond acceptors (Lipinski definition) is 5. The summed E-state index contributed by atoms with van der Waals surface area (Å²) < 4.78 is 29.2. The molecule has 26 heavy (non-hydrogen) atoms. The van der Waals surface area contributed by atoms with E-state index in [0.717, 1.165) is 11.1 Å². The molecule has 4 rings (SSSR count). The van der Waals surface area contributed by atoms with Crippen molar-refractivity contribution < 1.29 is 23.7 Å². The highest BCUT2D eigenvalue weighted by Crippen LogP contribution is 2.39. The standard InChI is InChI=1S/C21H24O5/c1-22-18-17(14-23-12-15-8-4-2-5-9-15)25-21-20(26-21)19(18)24-13-16-10-6-3-7-11-16/h2-11,17-21H,12-14H2,1H3/t17-,18-,19+,20+,21+/m1/s1. The molecule has 5 atom stereocenters. The maximum Gasteiger partial charge on any atom is 0.187 e. The molecule has 0 unspecified atom stereocenters. The van der Waals surface area contributed by atoms with Crippen molar-refractivity contribution in [1.29, 1.82) is 0 Å². The fraction of sp³-hybridized carbons (Fsp3) is 0.429. The predicted octanol–water partition coefficient (Wildman–Crippen LogP) is 2.93. The topological polar surface area (TPSA) is 49.5 Å². The first kappa shape index (κ1) is 17.6. The molecule has 2 fully saturated rings. The van der Waals surface area contributed by atoms with E-state index in [1.54, 1.807) is 7.11 Å². The minimum atomic E-state index is -0.224. The Hall–Kier alpha value is -1.76. The molecule has 2 aliphatic heterocycles. The molecule has 0 saturated carbocycles. The summed E-state index contributed by atoms with van der Waals surface area (Å²) in [5.41, 5.74) is 2.26. The van der Waals surface area contributed by atoms with Gasteiger partial charge in [0.2, 0.25) is 0 Å². The van der Waals surface area contributed by atoms with Crippen LogP contribution in [-0.4, -0.2) is 44.4 Å². The molecule has 2 aromatic rings. The molecule has 2 aromatic carbocycles. The third-order valence-corrected chi connectivity index (χ3v) is 4.76. The summed E-state index contributed by atoms with van der Waals surface area (Å²) in [6.07, 6.45) is -0.878. The van der Waals surface area contributed by atoms with Crippen molar-refractivity contribution in [2.45, 2.75) is 43.9 Å². The van der Waals surface area contributed by atoms with Gasteiger partial charge in [0.1, 0.15) is 24.4 Å². The summed E-state index contributed by atoms with van der Waals surface area (Å²) in [5, 5.41) is 0. The van der Waals surface area contributed by atoms with Crippen molar-refractivity contribution in [3.8, 4) is 0 Å². The molecule has 138 valence electrons. The van der Waals surface area contributed by atoms with Crippen LogP contribution in [0.15, 0.2) is 60.7 Å². The first-order valence-electron chi connectivity index (χ1n) is 8.96. The fourth-order valence-corrected chi connectivity index (χ4v) is 3.34. The molecule has 0 amide bonds. The van der Waals surface area contributed by atoms with Gasteiger partial charge in [-0.15, -0.1) is 0 Å².